The summed E-state index contributed by atoms with van der Waals surface area (Å²) in [7, 11) is 0. The van der Waals surface area contributed by atoms with Gasteiger partial charge in [0.25, 0.3) is 0 Å². The molecule has 0 spiro atoms. The second-order valence-electron chi connectivity index (χ2n) is 5.18. The lowest BCUT2D eigenvalue weighted by molar-refractivity contribution is 0.0531. The molecule has 5 nitrogen and oxygen atoms in total. The smallest absolute Gasteiger partial charge is 0.348 e. The number of aromatic nitrogens is 2. The van der Waals surface area contributed by atoms with E-state index in [-0.39, 0.29) is 5.97 Å². The van der Waals surface area contributed by atoms with Gasteiger partial charge in [-0.3, -0.25) is 0 Å². The predicted molar refractivity (Wildman–Crippen MR) is 97.6 cm³/mol. The van der Waals surface area contributed by atoms with Crippen LogP contribution >= 0.6 is 22.9 Å². The highest BCUT2D eigenvalue weighted by Gasteiger charge is 2.21. The zero-order chi connectivity index (χ0) is 17.3. The number of ether oxygens (including phenoxy) is 1. The zero-order valence-corrected chi connectivity index (χ0v) is 15.1. The van der Waals surface area contributed by atoms with Crippen molar-refractivity contribution in [3.05, 3.63) is 45.6 Å². The minimum atomic E-state index is -0.334. The molecular weight excluding hydrogens is 346 g/mol. The average Bonchev–Trinajstić information content (AvgIpc) is 2.86. The molecule has 2 aromatic heterocycles. The van der Waals surface area contributed by atoms with Crippen LogP contribution in [0, 0.1) is 13.8 Å². The summed E-state index contributed by atoms with van der Waals surface area (Å²) in [5.74, 6) is 0.919. The topological polar surface area (TPSA) is 64.1 Å². The molecule has 0 saturated carbocycles. The first kappa shape index (κ1) is 16.7. The van der Waals surface area contributed by atoms with E-state index in [0.29, 0.717) is 28.1 Å². The van der Waals surface area contributed by atoms with Crippen LogP contribution in [0.3, 0.4) is 0 Å². The molecule has 0 unspecified atom stereocenters. The number of aryl methyl sites for hydroxylation is 2. The number of carbonyl (C=O) groups excluding carboxylic acids is 1. The van der Waals surface area contributed by atoms with Gasteiger partial charge in [-0.1, -0.05) is 23.7 Å². The summed E-state index contributed by atoms with van der Waals surface area (Å²) in [6, 6.07) is 7.44. The van der Waals surface area contributed by atoms with Gasteiger partial charge in [-0.05, 0) is 38.5 Å². The van der Waals surface area contributed by atoms with Crippen molar-refractivity contribution < 1.29 is 9.53 Å². The van der Waals surface area contributed by atoms with Crippen molar-refractivity contribution >= 4 is 50.6 Å². The van der Waals surface area contributed by atoms with E-state index >= 15 is 0 Å². The third-order valence-electron chi connectivity index (χ3n) is 3.49. The molecule has 2 heterocycles. The van der Waals surface area contributed by atoms with Crippen LogP contribution in [-0.2, 0) is 4.74 Å². The normalized spacial score (nSPS) is 10.8. The molecule has 3 aromatic rings. The van der Waals surface area contributed by atoms with Crippen molar-refractivity contribution in [2.24, 2.45) is 0 Å². The van der Waals surface area contributed by atoms with Crippen LogP contribution < -0.4 is 5.32 Å². The summed E-state index contributed by atoms with van der Waals surface area (Å²) < 4.78 is 5.13. The zero-order valence-electron chi connectivity index (χ0n) is 13.5. The van der Waals surface area contributed by atoms with Crippen molar-refractivity contribution in [1.82, 2.24) is 9.97 Å². The summed E-state index contributed by atoms with van der Waals surface area (Å²) in [5.41, 5.74) is 1.56. The first-order valence-corrected chi connectivity index (χ1v) is 8.67. The summed E-state index contributed by atoms with van der Waals surface area (Å²) in [6.45, 7) is 5.81. The van der Waals surface area contributed by atoms with Crippen LogP contribution in [0.5, 0.6) is 0 Å². The maximum absolute atomic E-state index is 12.1. The Labute approximate surface area is 148 Å². The van der Waals surface area contributed by atoms with Gasteiger partial charge in [-0.25, -0.2) is 14.8 Å². The Morgan fingerprint density at radius 1 is 1.29 bits per heavy atom. The summed E-state index contributed by atoms with van der Waals surface area (Å²) >= 11 is 7.54. The third-order valence-corrected chi connectivity index (χ3v) is 4.99. The maximum atomic E-state index is 12.1. The number of hydrogen-bond acceptors (Lipinski definition) is 6. The molecule has 7 heteroatoms. The fourth-order valence-electron chi connectivity index (χ4n) is 2.42. The third kappa shape index (κ3) is 3.07. The number of nitrogens with one attached hydrogen (secondary N) is 1. The lowest BCUT2D eigenvalue weighted by Crippen LogP contribution is -2.04. The van der Waals surface area contributed by atoms with Crippen molar-refractivity contribution in [2.75, 3.05) is 11.9 Å². The van der Waals surface area contributed by atoms with Crippen molar-refractivity contribution in [2.45, 2.75) is 20.8 Å². The maximum Gasteiger partial charge on any atom is 0.348 e. The molecule has 0 aliphatic carbocycles. The average molecular weight is 362 g/mol. The van der Waals surface area contributed by atoms with Crippen LogP contribution in [0.25, 0.3) is 10.2 Å². The number of hydrogen-bond donors (Lipinski definition) is 1. The predicted octanol–water partition coefficient (Wildman–Crippen LogP) is 4.88. The fraction of sp³-hybridized carbons (Fsp3) is 0.235. The van der Waals surface area contributed by atoms with Crippen molar-refractivity contribution in [3.8, 4) is 0 Å². The number of anilines is 2. The second kappa shape index (κ2) is 6.75. The first-order valence-electron chi connectivity index (χ1n) is 7.47. The number of fused-ring (bicyclic) bond motifs is 1. The van der Waals surface area contributed by atoms with Crippen LogP contribution in [0.4, 0.5) is 11.5 Å². The van der Waals surface area contributed by atoms with Crippen molar-refractivity contribution in [3.63, 3.8) is 0 Å². The Morgan fingerprint density at radius 3 is 2.75 bits per heavy atom. The molecule has 0 aliphatic heterocycles. The van der Waals surface area contributed by atoms with Crippen LogP contribution in [0.2, 0.25) is 5.02 Å². The van der Waals surface area contributed by atoms with Gasteiger partial charge in [0.2, 0.25) is 0 Å². The molecule has 0 amide bonds. The molecular formula is C17H16ClN3O2S. The van der Waals surface area contributed by atoms with Crippen LogP contribution in [0.1, 0.15) is 28.0 Å². The Morgan fingerprint density at radius 2 is 2.04 bits per heavy atom. The van der Waals surface area contributed by atoms with E-state index in [0.717, 1.165) is 21.5 Å². The monoisotopic (exact) mass is 361 g/mol. The number of benzene rings is 1. The summed E-state index contributed by atoms with van der Waals surface area (Å²) in [5, 5.41) is 4.66. The number of nitrogens with zero attached hydrogens (tertiary/aromatic N) is 2. The van der Waals surface area contributed by atoms with Gasteiger partial charge in [0.1, 0.15) is 21.3 Å². The number of thiophene rings is 1. The molecule has 0 atom stereocenters. The molecule has 0 bridgehead atoms. The van der Waals surface area contributed by atoms with E-state index < -0.39 is 0 Å². The highest BCUT2D eigenvalue weighted by atomic mass is 35.5. The van der Waals surface area contributed by atoms with Gasteiger partial charge in [-0.2, -0.15) is 0 Å². The summed E-state index contributed by atoms with van der Waals surface area (Å²) in [4.78, 5) is 22.4. The standard InChI is InChI=1S/C17H16ClN3O2S/c1-4-23-17(22)14-9(2)13-15(19-10(3)20-16(13)24-14)21-12-8-6-5-7-11(12)18/h5-8H,4H2,1-3H3,(H,19,20,21). The number of para-hydroxylation sites is 1. The van der Waals surface area contributed by atoms with E-state index in [1.54, 1.807) is 13.0 Å². The number of carbonyl (C=O) groups is 1. The molecule has 1 aromatic carbocycles. The molecule has 0 saturated heterocycles. The lowest BCUT2D eigenvalue weighted by atomic mass is 10.2. The van der Waals surface area contributed by atoms with E-state index in [1.807, 2.05) is 32.0 Å². The van der Waals surface area contributed by atoms with Gasteiger partial charge < -0.3 is 10.1 Å². The van der Waals surface area contributed by atoms with Crippen LogP contribution in [0.15, 0.2) is 24.3 Å². The Hall–Kier alpha value is -2.18. The largest absolute Gasteiger partial charge is 0.462 e. The highest BCUT2D eigenvalue weighted by Crippen LogP contribution is 2.36. The SMILES string of the molecule is CCOC(=O)c1sc2nc(C)nc(Nc3ccccc3Cl)c2c1C. The number of halogens is 1. The van der Waals surface area contributed by atoms with Crippen molar-refractivity contribution in [1.29, 1.82) is 0 Å². The first-order chi connectivity index (χ1) is 11.5. The second-order valence-corrected chi connectivity index (χ2v) is 6.59. The fourth-order valence-corrected chi connectivity index (χ4v) is 3.72. The number of rotatable bonds is 4. The van der Waals surface area contributed by atoms with Gasteiger partial charge >= 0.3 is 5.97 Å². The van der Waals surface area contributed by atoms with Gasteiger partial charge in [0.15, 0.2) is 0 Å². The molecule has 0 fully saturated rings. The van der Waals surface area contributed by atoms with Gasteiger partial charge in [0.05, 0.1) is 22.7 Å². The quantitative estimate of drug-likeness (QED) is 0.671. The molecule has 3 rings (SSSR count). The van der Waals surface area contributed by atoms with E-state index in [4.69, 9.17) is 16.3 Å². The minimum absolute atomic E-state index is 0.334. The summed E-state index contributed by atoms with van der Waals surface area (Å²) in [6.07, 6.45) is 0. The van der Waals surface area contributed by atoms with E-state index in [2.05, 4.69) is 15.3 Å². The molecule has 0 radical (unpaired) electrons. The molecule has 0 aliphatic rings. The number of esters is 1. The minimum Gasteiger partial charge on any atom is -0.462 e. The van der Waals surface area contributed by atoms with Gasteiger partial charge in [0, 0.05) is 0 Å². The van der Waals surface area contributed by atoms with E-state index in [9.17, 15) is 4.79 Å². The lowest BCUT2D eigenvalue weighted by Gasteiger charge is -2.10. The Bertz CT molecular complexity index is 924. The highest BCUT2D eigenvalue weighted by molar-refractivity contribution is 7.20. The van der Waals surface area contributed by atoms with E-state index in [1.165, 1.54) is 11.3 Å². The van der Waals surface area contributed by atoms with Crippen LogP contribution in [-0.4, -0.2) is 22.5 Å². The Kier molecular flexibility index (Phi) is 4.69. The molecule has 24 heavy (non-hydrogen) atoms. The molecule has 124 valence electrons. The molecule has 1 N–H and O–H groups in total. The van der Waals surface area contributed by atoms with Gasteiger partial charge in [-0.15, -0.1) is 11.3 Å². The Balaban J connectivity index is 2.14.